The van der Waals surface area contributed by atoms with E-state index in [1.54, 1.807) is 6.07 Å². The lowest BCUT2D eigenvalue weighted by Gasteiger charge is -2.37. The molecule has 0 spiro atoms. The van der Waals surface area contributed by atoms with Crippen molar-refractivity contribution in [3.05, 3.63) is 83.9 Å². The first kappa shape index (κ1) is 20.5. The van der Waals surface area contributed by atoms with Gasteiger partial charge in [0.05, 0.1) is 6.61 Å². The second-order valence-electron chi connectivity index (χ2n) is 7.24. The molecule has 2 rings (SSSR count). The van der Waals surface area contributed by atoms with Gasteiger partial charge in [-0.2, -0.15) is 5.26 Å². The van der Waals surface area contributed by atoms with E-state index in [2.05, 4.69) is 69.0 Å². The Morgan fingerprint density at radius 3 is 2.04 bits per heavy atom. The molecule has 27 heavy (non-hydrogen) atoms. The van der Waals surface area contributed by atoms with Gasteiger partial charge in [-0.3, -0.25) is 0 Å². The Hall–Kier alpha value is -2.86. The summed E-state index contributed by atoms with van der Waals surface area (Å²) in [5, 5.41) is 8.74. The largest absolute Gasteiger partial charge is 0.462 e. The fourth-order valence-corrected chi connectivity index (χ4v) is 3.68. The summed E-state index contributed by atoms with van der Waals surface area (Å²) in [5.74, 6) is -0.127. The van der Waals surface area contributed by atoms with E-state index in [0.717, 1.165) is 12.8 Å². The van der Waals surface area contributed by atoms with Gasteiger partial charge in [-0.25, -0.2) is 4.79 Å². The summed E-state index contributed by atoms with van der Waals surface area (Å²) in [5.41, 5.74) is 2.25. The molecule has 0 amide bonds. The van der Waals surface area contributed by atoms with Gasteiger partial charge in [0.2, 0.25) is 0 Å². The second-order valence-corrected chi connectivity index (χ2v) is 7.24. The molecule has 0 aliphatic rings. The van der Waals surface area contributed by atoms with Crippen molar-refractivity contribution in [1.82, 2.24) is 0 Å². The minimum absolute atomic E-state index is 0.144. The average molecular weight is 361 g/mol. The van der Waals surface area contributed by atoms with Crippen LogP contribution in [0.15, 0.2) is 72.8 Å². The number of nitrogens with zero attached hydrogens (tertiary/aromatic N) is 1. The highest BCUT2D eigenvalue weighted by Crippen LogP contribution is 2.42. The van der Waals surface area contributed by atoms with Gasteiger partial charge in [0, 0.05) is 5.41 Å². The molecule has 0 unspecified atom stereocenters. The molecule has 140 valence electrons. The summed E-state index contributed by atoms with van der Waals surface area (Å²) in [6.07, 6.45) is 2.56. The van der Waals surface area contributed by atoms with E-state index in [4.69, 9.17) is 10.00 Å². The third kappa shape index (κ3) is 5.31. The number of hydrogen-bond donors (Lipinski definition) is 0. The standard InChI is InChI=1S/C24H27NO2/c1-19(2)17-24(21-11-6-4-7-12-21,22-13-8-5-9-14-22)15-10-16-27-23(26)20(3)18-25/h4-9,11-14,19H,3,10,15-17H2,1-2H3. The molecule has 0 saturated heterocycles. The zero-order valence-corrected chi connectivity index (χ0v) is 16.2. The predicted molar refractivity (Wildman–Crippen MR) is 108 cm³/mol. The Kier molecular flexibility index (Phi) is 7.37. The quantitative estimate of drug-likeness (QED) is 0.259. The van der Waals surface area contributed by atoms with Gasteiger partial charge in [-0.15, -0.1) is 0 Å². The van der Waals surface area contributed by atoms with Crippen LogP contribution in [0.5, 0.6) is 0 Å². The van der Waals surface area contributed by atoms with Gasteiger partial charge in [-0.05, 0) is 36.3 Å². The molecule has 0 atom stereocenters. The highest BCUT2D eigenvalue weighted by molar-refractivity contribution is 5.91. The molecular weight excluding hydrogens is 334 g/mol. The first-order valence-electron chi connectivity index (χ1n) is 9.37. The maximum Gasteiger partial charge on any atom is 0.348 e. The third-order valence-corrected chi connectivity index (χ3v) is 4.77. The Bertz CT molecular complexity index is 749. The van der Waals surface area contributed by atoms with Crippen molar-refractivity contribution in [2.45, 2.75) is 38.5 Å². The van der Waals surface area contributed by atoms with Crippen molar-refractivity contribution < 1.29 is 9.53 Å². The zero-order chi connectivity index (χ0) is 19.7. The summed E-state index contributed by atoms with van der Waals surface area (Å²) in [6, 6.07) is 22.8. The third-order valence-electron chi connectivity index (χ3n) is 4.77. The molecule has 0 radical (unpaired) electrons. The highest BCUT2D eigenvalue weighted by atomic mass is 16.5. The molecule has 0 bridgehead atoms. The van der Waals surface area contributed by atoms with Crippen molar-refractivity contribution in [3.8, 4) is 6.07 Å². The number of nitriles is 1. The topological polar surface area (TPSA) is 50.1 Å². The minimum Gasteiger partial charge on any atom is -0.462 e. The lowest BCUT2D eigenvalue weighted by Crippen LogP contribution is -2.30. The number of carbonyl (C=O) groups excluding carboxylic acids is 1. The van der Waals surface area contributed by atoms with Crippen LogP contribution >= 0.6 is 0 Å². The van der Waals surface area contributed by atoms with Crippen molar-refractivity contribution >= 4 is 5.97 Å². The Balaban J connectivity index is 2.28. The molecule has 0 N–H and O–H groups in total. The van der Waals surface area contributed by atoms with Crippen LogP contribution in [-0.2, 0) is 14.9 Å². The Morgan fingerprint density at radius 2 is 1.59 bits per heavy atom. The minimum atomic E-state index is -0.633. The molecule has 2 aromatic rings. The number of ether oxygens (including phenoxy) is 1. The van der Waals surface area contributed by atoms with Crippen molar-refractivity contribution in [2.24, 2.45) is 5.92 Å². The van der Waals surface area contributed by atoms with E-state index < -0.39 is 5.97 Å². The lowest BCUT2D eigenvalue weighted by atomic mass is 9.67. The summed E-state index contributed by atoms with van der Waals surface area (Å²) in [7, 11) is 0. The van der Waals surface area contributed by atoms with Gasteiger partial charge in [0.1, 0.15) is 11.6 Å². The van der Waals surface area contributed by atoms with Crippen LogP contribution in [0.4, 0.5) is 0 Å². The highest BCUT2D eigenvalue weighted by Gasteiger charge is 2.34. The molecule has 0 heterocycles. The van der Waals surface area contributed by atoms with E-state index in [0.29, 0.717) is 12.3 Å². The molecule has 0 aliphatic carbocycles. The van der Waals surface area contributed by atoms with Crippen LogP contribution in [0.2, 0.25) is 0 Å². The number of carbonyl (C=O) groups is 1. The summed E-state index contributed by atoms with van der Waals surface area (Å²) in [4.78, 5) is 11.7. The SMILES string of the molecule is C=C(C#N)C(=O)OCCCC(CC(C)C)(c1ccccc1)c1ccccc1. The first-order valence-corrected chi connectivity index (χ1v) is 9.37. The van der Waals surface area contributed by atoms with Crippen LogP contribution in [-0.4, -0.2) is 12.6 Å². The van der Waals surface area contributed by atoms with E-state index >= 15 is 0 Å². The number of esters is 1. The average Bonchev–Trinajstić information content (AvgIpc) is 2.70. The van der Waals surface area contributed by atoms with Crippen LogP contribution in [0.1, 0.15) is 44.2 Å². The fourth-order valence-electron chi connectivity index (χ4n) is 3.68. The normalized spacial score (nSPS) is 11.0. The van der Waals surface area contributed by atoms with Crippen molar-refractivity contribution in [2.75, 3.05) is 6.61 Å². The van der Waals surface area contributed by atoms with E-state index in [9.17, 15) is 4.79 Å². The van der Waals surface area contributed by atoms with Gasteiger partial charge < -0.3 is 4.74 Å². The van der Waals surface area contributed by atoms with Crippen molar-refractivity contribution in [1.29, 1.82) is 5.26 Å². The molecule has 3 nitrogen and oxygen atoms in total. The van der Waals surface area contributed by atoms with Gasteiger partial charge in [0.25, 0.3) is 0 Å². The fraction of sp³-hybridized carbons (Fsp3) is 0.333. The first-order chi connectivity index (χ1) is 13.0. The summed E-state index contributed by atoms with van der Waals surface area (Å²) >= 11 is 0. The van der Waals surface area contributed by atoms with Crippen molar-refractivity contribution in [3.63, 3.8) is 0 Å². The molecule has 0 fully saturated rings. The molecule has 0 saturated carbocycles. The smallest absolute Gasteiger partial charge is 0.348 e. The second kappa shape index (κ2) is 9.73. The van der Waals surface area contributed by atoms with Crippen LogP contribution in [0.25, 0.3) is 0 Å². The van der Waals surface area contributed by atoms with E-state index in [1.807, 2.05) is 12.1 Å². The summed E-state index contributed by atoms with van der Waals surface area (Å²) < 4.78 is 5.21. The lowest BCUT2D eigenvalue weighted by molar-refractivity contribution is -0.138. The van der Waals surface area contributed by atoms with Crippen LogP contribution < -0.4 is 0 Å². The Morgan fingerprint density at radius 1 is 1.07 bits per heavy atom. The number of rotatable bonds is 9. The zero-order valence-electron chi connectivity index (χ0n) is 16.2. The van der Waals surface area contributed by atoms with E-state index in [1.165, 1.54) is 11.1 Å². The predicted octanol–water partition coefficient (Wildman–Crippen LogP) is 5.42. The summed E-state index contributed by atoms with van der Waals surface area (Å²) in [6.45, 7) is 8.14. The van der Waals surface area contributed by atoms with Gasteiger partial charge in [0.15, 0.2) is 0 Å². The molecule has 0 aliphatic heterocycles. The molecule has 3 heteroatoms. The monoisotopic (exact) mass is 361 g/mol. The van der Waals surface area contributed by atoms with Gasteiger partial charge >= 0.3 is 5.97 Å². The number of hydrogen-bond acceptors (Lipinski definition) is 3. The maximum atomic E-state index is 11.7. The molecular formula is C24H27NO2. The van der Waals surface area contributed by atoms with Crippen LogP contribution in [0, 0.1) is 17.2 Å². The Labute approximate surface area is 162 Å². The number of benzene rings is 2. The molecule has 0 aromatic heterocycles. The maximum absolute atomic E-state index is 11.7. The van der Waals surface area contributed by atoms with E-state index in [-0.39, 0.29) is 17.6 Å². The van der Waals surface area contributed by atoms with Crippen LogP contribution in [0.3, 0.4) is 0 Å². The molecule has 2 aromatic carbocycles. The van der Waals surface area contributed by atoms with Gasteiger partial charge in [-0.1, -0.05) is 81.1 Å².